The highest BCUT2D eigenvalue weighted by Crippen LogP contribution is 2.36. The Morgan fingerprint density at radius 1 is 1.13 bits per heavy atom. The molecule has 6 nitrogen and oxygen atoms in total. The van der Waals surface area contributed by atoms with Gasteiger partial charge in [-0.2, -0.15) is 11.8 Å². The van der Waals surface area contributed by atoms with Gasteiger partial charge in [0.1, 0.15) is 5.01 Å². The Bertz CT molecular complexity index is 1000. The molecular weight excluding hydrogens is 430 g/mol. The predicted octanol–water partition coefficient (Wildman–Crippen LogP) is 5.97. The molecule has 3 rings (SSSR count). The molecule has 0 spiro atoms. The summed E-state index contributed by atoms with van der Waals surface area (Å²) in [5, 5.41) is 12.0. The van der Waals surface area contributed by atoms with Crippen molar-refractivity contribution in [3.63, 3.8) is 0 Å². The number of hydrogen-bond acceptors (Lipinski definition) is 7. The van der Waals surface area contributed by atoms with Crippen molar-refractivity contribution in [2.45, 2.75) is 19.6 Å². The van der Waals surface area contributed by atoms with Crippen LogP contribution in [0.3, 0.4) is 0 Å². The smallest absolute Gasteiger partial charge is 0.311 e. The molecule has 0 saturated carbocycles. The van der Waals surface area contributed by atoms with Gasteiger partial charge in [-0.1, -0.05) is 38.1 Å². The zero-order valence-corrected chi connectivity index (χ0v) is 19.7. The SMILES string of the molecule is CCN(CC)CCSCc1ccc(-c2cnc(-c3ccc(OC)c([N+](=O)[O-])c3)s2)cc1. The molecule has 0 atom stereocenters. The topological polar surface area (TPSA) is 68.5 Å². The number of nitrogens with zero attached hydrogens (tertiary/aromatic N) is 3. The maximum Gasteiger partial charge on any atom is 0.311 e. The van der Waals surface area contributed by atoms with Gasteiger partial charge in [-0.05, 0) is 36.3 Å². The molecule has 0 saturated heterocycles. The van der Waals surface area contributed by atoms with E-state index >= 15 is 0 Å². The van der Waals surface area contributed by atoms with E-state index in [-0.39, 0.29) is 11.4 Å². The summed E-state index contributed by atoms with van der Waals surface area (Å²) in [4.78, 5) is 18.8. The van der Waals surface area contributed by atoms with Gasteiger partial charge in [-0.3, -0.25) is 10.1 Å². The van der Waals surface area contributed by atoms with Crippen molar-refractivity contribution in [2.75, 3.05) is 32.5 Å². The van der Waals surface area contributed by atoms with E-state index in [9.17, 15) is 10.1 Å². The molecule has 31 heavy (non-hydrogen) atoms. The van der Waals surface area contributed by atoms with E-state index in [1.807, 2.05) is 18.0 Å². The second-order valence-corrected chi connectivity index (χ2v) is 9.09. The minimum Gasteiger partial charge on any atom is -0.490 e. The van der Waals surface area contributed by atoms with Crippen LogP contribution in [0.4, 0.5) is 5.69 Å². The molecule has 0 radical (unpaired) electrons. The number of thioether (sulfide) groups is 1. The zero-order chi connectivity index (χ0) is 22.2. The largest absolute Gasteiger partial charge is 0.490 e. The second kappa shape index (κ2) is 11.3. The molecule has 0 aliphatic heterocycles. The Hall–Kier alpha value is -2.42. The molecule has 1 aromatic heterocycles. The summed E-state index contributed by atoms with van der Waals surface area (Å²) < 4.78 is 5.08. The molecule has 0 unspecified atom stereocenters. The van der Waals surface area contributed by atoms with Crippen LogP contribution in [-0.2, 0) is 5.75 Å². The molecule has 0 amide bonds. The van der Waals surface area contributed by atoms with Gasteiger partial charge in [0.05, 0.1) is 16.9 Å². The number of methoxy groups -OCH3 is 1. The van der Waals surface area contributed by atoms with Gasteiger partial charge in [0.25, 0.3) is 0 Å². The second-order valence-electron chi connectivity index (χ2n) is 6.95. The zero-order valence-electron chi connectivity index (χ0n) is 18.0. The fourth-order valence-electron chi connectivity index (χ4n) is 3.20. The van der Waals surface area contributed by atoms with Crippen molar-refractivity contribution in [1.29, 1.82) is 0 Å². The number of benzene rings is 2. The van der Waals surface area contributed by atoms with Gasteiger partial charge >= 0.3 is 5.69 Å². The lowest BCUT2D eigenvalue weighted by molar-refractivity contribution is -0.385. The highest BCUT2D eigenvalue weighted by molar-refractivity contribution is 7.98. The van der Waals surface area contributed by atoms with Crippen LogP contribution in [0.15, 0.2) is 48.7 Å². The summed E-state index contributed by atoms with van der Waals surface area (Å²) >= 11 is 3.48. The summed E-state index contributed by atoms with van der Waals surface area (Å²) in [6.07, 6.45) is 1.82. The van der Waals surface area contributed by atoms with Crippen LogP contribution in [0.2, 0.25) is 0 Å². The summed E-state index contributed by atoms with van der Waals surface area (Å²) in [6.45, 7) is 7.74. The first-order chi connectivity index (χ1) is 15.0. The average molecular weight is 458 g/mol. The van der Waals surface area contributed by atoms with Crippen molar-refractivity contribution in [3.05, 3.63) is 64.3 Å². The fourth-order valence-corrected chi connectivity index (χ4v) is 5.07. The van der Waals surface area contributed by atoms with Crippen molar-refractivity contribution in [1.82, 2.24) is 9.88 Å². The van der Waals surface area contributed by atoms with Gasteiger partial charge in [0, 0.05) is 35.9 Å². The first kappa shape index (κ1) is 23.2. The molecule has 8 heteroatoms. The van der Waals surface area contributed by atoms with Gasteiger partial charge in [0.2, 0.25) is 0 Å². The number of hydrogen-bond donors (Lipinski definition) is 0. The Balaban J connectivity index is 1.65. The summed E-state index contributed by atoms with van der Waals surface area (Å²) in [7, 11) is 1.43. The number of ether oxygens (including phenoxy) is 1. The minimum absolute atomic E-state index is 0.0559. The van der Waals surface area contributed by atoms with E-state index in [1.165, 1.54) is 30.1 Å². The average Bonchev–Trinajstić information content (AvgIpc) is 3.29. The third kappa shape index (κ3) is 6.06. The summed E-state index contributed by atoms with van der Waals surface area (Å²) in [6, 6.07) is 13.5. The monoisotopic (exact) mass is 457 g/mol. The number of aromatic nitrogens is 1. The highest BCUT2D eigenvalue weighted by Gasteiger charge is 2.17. The Labute approximate surface area is 191 Å². The molecule has 0 aliphatic carbocycles. The molecule has 0 fully saturated rings. The van der Waals surface area contributed by atoms with Crippen molar-refractivity contribution in [2.24, 2.45) is 0 Å². The van der Waals surface area contributed by atoms with Crippen LogP contribution < -0.4 is 4.74 Å². The van der Waals surface area contributed by atoms with Crippen molar-refractivity contribution < 1.29 is 9.66 Å². The van der Waals surface area contributed by atoms with Crippen LogP contribution in [0, 0.1) is 10.1 Å². The quantitative estimate of drug-likeness (QED) is 0.201. The van der Waals surface area contributed by atoms with Crippen LogP contribution >= 0.6 is 23.1 Å². The molecule has 0 bridgehead atoms. The lowest BCUT2D eigenvalue weighted by Crippen LogP contribution is -2.25. The molecule has 2 aromatic carbocycles. The Morgan fingerprint density at radius 2 is 1.84 bits per heavy atom. The summed E-state index contributed by atoms with van der Waals surface area (Å²) in [5.74, 6) is 2.39. The highest BCUT2D eigenvalue weighted by atomic mass is 32.2. The van der Waals surface area contributed by atoms with Crippen LogP contribution in [0.1, 0.15) is 19.4 Å². The molecule has 164 valence electrons. The van der Waals surface area contributed by atoms with Gasteiger partial charge in [-0.15, -0.1) is 11.3 Å². The van der Waals surface area contributed by atoms with Crippen LogP contribution in [0.25, 0.3) is 21.0 Å². The van der Waals surface area contributed by atoms with Gasteiger partial charge in [-0.25, -0.2) is 4.98 Å². The normalized spacial score (nSPS) is 11.1. The first-order valence-corrected chi connectivity index (χ1v) is 12.2. The van der Waals surface area contributed by atoms with Crippen molar-refractivity contribution in [3.8, 4) is 26.8 Å². The number of nitro groups is 1. The maximum absolute atomic E-state index is 11.3. The molecule has 3 aromatic rings. The lowest BCUT2D eigenvalue weighted by Gasteiger charge is -2.17. The Kier molecular flexibility index (Phi) is 8.45. The van der Waals surface area contributed by atoms with E-state index in [1.54, 1.807) is 12.1 Å². The third-order valence-corrected chi connectivity index (χ3v) is 7.19. The molecule has 1 heterocycles. The third-order valence-electron chi connectivity index (χ3n) is 5.08. The minimum atomic E-state index is -0.435. The Morgan fingerprint density at radius 3 is 2.48 bits per heavy atom. The molecule has 0 N–H and O–H groups in total. The van der Waals surface area contributed by atoms with Crippen molar-refractivity contribution >= 4 is 28.8 Å². The van der Waals surface area contributed by atoms with E-state index in [2.05, 4.69) is 48.0 Å². The van der Waals surface area contributed by atoms with E-state index in [0.29, 0.717) is 5.56 Å². The molecular formula is C23H27N3O3S2. The van der Waals surface area contributed by atoms with Crippen LogP contribution in [0.5, 0.6) is 5.75 Å². The van der Waals surface area contributed by atoms with E-state index in [0.717, 1.165) is 46.6 Å². The number of thiazole rings is 1. The number of rotatable bonds is 11. The standard InChI is InChI=1S/C23H27N3O3S2/c1-4-25(5-2)12-13-30-16-17-6-8-18(9-7-17)22-15-24-23(31-22)19-10-11-21(29-3)20(14-19)26(27)28/h6-11,14-15H,4-5,12-13,16H2,1-3H3. The van der Waals surface area contributed by atoms with Crippen LogP contribution in [-0.4, -0.2) is 47.3 Å². The van der Waals surface area contributed by atoms with E-state index in [4.69, 9.17) is 4.74 Å². The molecule has 0 aliphatic rings. The van der Waals surface area contributed by atoms with Gasteiger partial charge in [0.15, 0.2) is 5.75 Å². The number of nitro benzene ring substituents is 1. The summed E-state index contributed by atoms with van der Waals surface area (Å²) in [5.41, 5.74) is 3.07. The lowest BCUT2D eigenvalue weighted by atomic mass is 10.1. The maximum atomic E-state index is 11.3. The first-order valence-electron chi connectivity index (χ1n) is 10.2. The van der Waals surface area contributed by atoms with E-state index < -0.39 is 4.92 Å². The predicted molar refractivity (Wildman–Crippen MR) is 130 cm³/mol. The van der Waals surface area contributed by atoms with Gasteiger partial charge < -0.3 is 9.64 Å². The fraction of sp³-hybridized carbons (Fsp3) is 0.348.